The van der Waals surface area contributed by atoms with Gasteiger partial charge in [0.1, 0.15) is 18.5 Å². The van der Waals surface area contributed by atoms with Crippen molar-refractivity contribution < 1.29 is 19.7 Å². The largest absolute Gasteiger partial charge is 0.491 e. The Labute approximate surface area is 161 Å². The van der Waals surface area contributed by atoms with Gasteiger partial charge in [0.05, 0.1) is 18.8 Å². The number of rotatable bonds is 10. The SMILES string of the molecule is CCC/C=C\CC[C@H]1[C@@H](O)CO[C@@H]1/C=C/[C@@H](O)COc1cccc(Cl)c1. The van der Waals surface area contributed by atoms with Crippen LogP contribution < -0.4 is 4.74 Å². The van der Waals surface area contributed by atoms with Crippen LogP contribution in [0.2, 0.25) is 5.02 Å². The molecule has 5 heteroatoms. The first-order valence-corrected chi connectivity index (χ1v) is 9.67. The minimum Gasteiger partial charge on any atom is -0.491 e. The highest BCUT2D eigenvalue weighted by molar-refractivity contribution is 6.30. The summed E-state index contributed by atoms with van der Waals surface area (Å²) in [4.78, 5) is 0. The van der Waals surface area contributed by atoms with Crippen molar-refractivity contribution in [2.45, 2.75) is 50.9 Å². The van der Waals surface area contributed by atoms with Gasteiger partial charge in [-0.05, 0) is 37.5 Å². The fourth-order valence-electron chi connectivity index (χ4n) is 2.95. The maximum absolute atomic E-state index is 10.1. The molecular weight excluding hydrogens is 352 g/mol. The predicted octanol–water partition coefficient (Wildman–Crippen LogP) is 4.15. The zero-order chi connectivity index (χ0) is 18.8. The van der Waals surface area contributed by atoms with Crippen LogP contribution in [-0.2, 0) is 4.74 Å². The predicted molar refractivity (Wildman–Crippen MR) is 105 cm³/mol. The Bertz CT molecular complexity index is 587. The molecular formula is C21H29ClO4. The zero-order valence-corrected chi connectivity index (χ0v) is 16.0. The fraction of sp³-hybridized carbons (Fsp3) is 0.524. The summed E-state index contributed by atoms with van der Waals surface area (Å²) in [5, 5.41) is 20.8. The smallest absolute Gasteiger partial charge is 0.120 e. The highest BCUT2D eigenvalue weighted by atomic mass is 35.5. The molecule has 0 aliphatic carbocycles. The Balaban J connectivity index is 1.78. The molecule has 144 valence electrons. The summed E-state index contributed by atoms with van der Waals surface area (Å²) in [6.07, 6.45) is 10.5. The topological polar surface area (TPSA) is 58.9 Å². The van der Waals surface area contributed by atoms with Gasteiger partial charge in [0.15, 0.2) is 0 Å². The van der Waals surface area contributed by atoms with Gasteiger partial charge < -0.3 is 19.7 Å². The Morgan fingerprint density at radius 3 is 2.92 bits per heavy atom. The summed E-state index contributed by atoms with van der Waals surface area (Å²) in [6, 6.07) is 7.07. The molecule has 1 saturated heterocycles. The van der Waals surface area contributed by atoms with Crippen LogP contribution in [0.25, 0.3) is 0 Å². The van der Waals surface area contributed by atoms with E-state index in [-0.39, 0.29) is 18.6 Å². The van der Waals surface area contributed by atoms with E-state index in [9.17, 15) is 10.2 Å². The number of ether oxygens (including phenoxy) is 2. The lowest BCUT2D eigenvalue weighted by Gasteiger charge is -2.17. The molecule has 0 unspecified atom stereocenters. The second-order valence-electron chi connectivity index (χ2n) is 6.59. The highest BCUT2D eigenvalue weighted by Crippen LogP contribution is 2.27. The first-order valence-electron chi connectivity index (χ1n) is 9.29. The molecule has 1 aliphatic rings. The maximum atomic E-state index is 10.1. The maximum Gasteiger partial charge on any atom is 0.120 e. The Morgan fingerprint density at radius 2 is 2.15 bits per heavy atom. The van der Waals surface area contributed by atoms with Crippen LogP contribution in [0.4, 0.5) is 0 Å². The van der Waals surface area contributed by atoms with Crippen LogP contribution in [-0.4, -0.2) is 41.7 Å². The lowest BCUT2D eigenvalue weighted by molar-refractivity contribution is 0.106. The molecule has 1 aromatic rings. The van der Waals surface area contributed by atoms with Crippen molar-refractivity contribution in [1.82, 2.24) is 0 Å². The molecule has 26 heavy (non-hydrogen) atoms. The van der Waals surface area contributed by atoms with Gasteiger partial charge in [-0.1, -0.05) is 55.3 Å². The van der Waals surface area contributed by atoms with E-state index in [0.29, 0.717) is 17.4 Å². The number of halogens is 1. The Morgan fingerprint density at radius 1 is 1.35 bits per heavy atom. The average Bonchev–Trinajstić information content (AvgIpc) is 2.98. The molecule has 1 heterocycles. The van der Waals surface area contributed by atoms with E-state index in [2.05, 4.69) is 19.1 Å². The van der Waals surface area contributed by atoms with Crippen molar-refractivity contribution >= 4 is 11.6 Å². The highest BCUT2D eigenvalue weighted by Gasteiger charge is 2.33. The van der Waals surface area contributed by atoms with E-state index in [0.717, 1.165) is 25.7 Å². The molecule has 2 N–H and O–H groups in total. The van der Waals surface area contributed by atoms with Crippen molar-refractivity contribution in [3.63, 3.8) is 0 Å². The van der Waals surface area contributed by atoms with Crippen molar-refractivity contribution in [3.05, 3.63) is 53.6 Å². The van der Waals surface area contributed by atoms with Crippen LogP contribution in [0.5, 0.6) is 5.75 Å². The molecule has 0 saturated carbocycles. The van der Waals surface area contributed by atoms with Gasteiger partial charge in [-0.2, -0.15) is 0 Å². The monoisotopic (exact) mass is 380 g/mol. The number of hydrogen-bond donors (Lipinski definition) is 2. The molecule has 2 rings (SSSR count). The number of aliphatic hydroxyl groups excluding tert-OH is 2. The standard InChI is InChI=1S/C21H29ClO4/c1-2-3-4-5-6-10-19-20(24)15-26-21(19)12-11-17(23)14-25-18-9-7-8-16(22)13-18/h4-5,7-9,11-13,17,19-21,23-24H,2-3,6,10,14-15H2,1H3/b5-4-,12-11+/t17-,19+,20+,21-/m1/s1. The summed E-state index contributed by atoms with van der Waals surface area (Å²) in [7, 11) is 0. The quantitative estimate of drug-likeness (QED) is 0.599. The van der Waals surface area contributed by atoms with Crippen LogP contribution >= 0.6 is 11.6 Å². The molecule has 4 atom stereocenters. The summed E-state index contributed by atoms with van der Waals surface area (Å²) in [6.45, 7) is 2.63. The van der Waals surface area contributed by atoms with Gasteiger partial charge >= 0.3 is 0 Å². The molecule has 1 fully saturated rings. The van der Waals surface area contributed by atoms with E-state index in [1.165, 1.54) is 0 Å². The van der Waals surface area contributed by atoms with E-state index in [1.807, 2.05) is 6.08 Å². The van der Waals surface area contributed by atoms with Gasteiger partial charge in [-0.25, -0.2) is 0 Å². The lowest BCUT2D eigenvalue weighted by atomic mass is 9.93. The second kappa shape index (κ2) is 11.4. The molecule has 4 nitrogen and oxygen atoms in total. The first-order chi connectivity index (χ1) is 12.6. The number of aliphatic hydroxyl groups is 2. The van der Waals surface area contributed by atoms with Crippen LogP contribution in [0.15, 0.2) is 48.6 Å². The minimum atomic E-state index is -0.750. The lowest BCUT2D eigenvalue weighted by Crippen LogP contribution is -2.23. The third kappa shape index (κ3) is 7.12. The third-order valence-corrected chi connectivity index (χ3v) is 4.64. The van der Waals surface area contributed by atoms with Gasteiger partial charge in [-0.15, -0.1) is 0 Å². The molecule has 0 spiro atoms. The molecule has 0 radical (unpaired) electrons. The van der Waals surface area contributed by atoms with E-state index >= 15 is 0 Å². The van der Waals surface area contributed by atoms with Gasteiger partial charge in [-0.3, -0.25) is 0 Å². The van der Waals surface area contributed by atoms with Crippen molar-refractivity contribution in [2.75, 3.05) is 13.2 Å². The number of unbranched alkanes of at least 4 members (excludes halogenated alkanes) is 1. The molecule has 0 amide bonds. The van der Waals surface area contributed by atoms with Crippen molar-refractivity contribution in [2.24, 2.45) is 5.92 Å². The summed E-state index contributed by atoms with van der Waals surface area (Å²) in [5.74, 6) is 0.674. The zero-order valence-electron chi connectivity index (χ0n) is 15.3. The summed E-state index contributed by atoms with van der Waals surface area (Å²) >= 11 is 5.91. The van der Waals surface area contributed by atoms with Gasteiger partial charge in [0.2, 0.25) is 0 Å². The number of allylic oxidation sites excluding steroid dienone is 2. The second-order valence-corrected chi connectivity index (χ2v) is 7.02. The van der Waals surface area contributed by atoms with E-state index in [4.69, 9.17) is 21.1 Å². The molecule has 0 bridgehead atoms. The van der Waals surface area contributed by atoms with Gasteiger partial charge in [0, 0.05) is 10.9 Å². The molecule has 1 aromatic carbocycles. The van der Waals surface area contributed by atoms with Crippen molar-refractivity contribution in [1.29, 1.82) is 0 Å². The molecule has 0 aromatic heterocycles. The fourth-order valence-corrected chi connectivity index (χ4v) is 3.13. The van der Waals surface area contributed by atoms with Gasteiger partial charge in [0.25, 0.3) is 0 Å². The Kier molecular flexibility index (Phi) is 9.19. The number of benzene rings is 1. The van der Waals surface area contributed by atoms with E-state index < -0.39 is 12.2 Å². The normalized spacial score (nSPS) is 24.5. The van der Waals surface area contributed by atoms with Crippen LogP contribution in [0, 0.1) is 5.92 Å². The van der Waals surface area contributed by atoms with E-state index in [1.54, 1.807) is 30.3 Å². The van der Waals surface area contributed by atoms with Crippen LogP contribution in [0.1, 0.15) is 32.6 Å². The summed E-state index contributed by atoms with van der Waals surface area (Å²) in [5.41, 5.74) is 0. The first kappa shape index (κ1) is 21.0. The van der Waals surface area contributed by atoms with Crippen molar-refractivity contribution in [3.8, 4) is 5.75 Å². The summed E-state index contributed by atoms with van der Waals surface area (Å²) < 4.78 is 11.2. The number of hydrogen-bond acceptors (Lipinski definition) is 4. The molecule has 1 aliphatic heterocycles. The third-order valence-electron chi connectivity index (χ3n) is 4.40. The van der Waals surface area contributed by atoms with Crippen LogP contribution in [0.3, 0.4) is 0 Å². The average molecular weight is 381 g/mol. The minimum absolute atomic E-state index is 0.0542. The Hall–Kier alpha value is -1.33.